The number of benzene rings is 2. The van der Waals surface area contributed by atoms with Crippen molar-refractivity contribution in [3.05, 3.63) is 53.3 Å². The Morgan fingerprint density at radius 3 is 2.57 bits per heavy atom. The third kappa shape index (κ3) is 3.31. The van der Waals surface area contributed by atoms with Crippen LogP contribution in [0.5, 0.6) is 0 Å². The average Bonchev–Trinajstić information content (AvgIpc) is 2.41. The summed E-state index contributed by atoms with van der Waals surface area (Å²) in [6.07, 6.45) is 0. The number of hydrogen-bond donors (Lipinski definition) is 3. The van der Waals surface area contributed by atoms with E-state index in [4.69, 9.17) is 11.5 Å². The monoisotopic (exact) mass is 287 g/mol. The highest BCUT2D eigenvalue weighted by Gasteiger charge is 2.12. The molecule has 4 nitrogen and oxygen atoms in total. The van der Waals surface area contributed by atoms with Gasteiger partial charge in [0.25, 0.3) is 5.91 Å². The summed E-state index contributed by atoms with van der Waals surface area (Å²) in [4.78, 5) is 11.3. The molecule has 5 N–H and O–H groups in total. The highest BCUT2D eigenvalue weighted by Crippen LogP contribution is 2.26. The van der Waals surface area contributed by atoms with Crippen LogP contribution in [0.2, 0.25) is 0 Å². The summed E-state index contributed by atoms with van der Waals surface area (Å²) < 4.78 is 13.9. The summed E-state index contributed by atoms with van der Waals surface area (Å²) in [6.45, 7) is 4.15. The van der Waals surface area contributed by atoms with Crippen molar-refractivity contribution >= 4 is 23.0 Å². The molecule has 1 amide bonds. The molecule has 0 heterocycles. The lowest BCUT2D eigenvalue weighted by Crippen LogP contribution is -2.14. The van der Waals surface area contributed by atoms with Crippen molar-refractivity contribution in [2.24, 2.45) is 5.73 Å². The van der Waals surface area contributed by atoms with Crippen molar-refractivity contribution in [3.8, 4) is 0 Å². The van der Waals surface area contributed by atoms with E-state index in [9.17, 15) is 9.18 Å². The first-order chi connectivity index (χ1) is 9.88. The van der Waals surface area contributed by atoms with Crippen molar-refractivity contribution in [2.75, 3.05) is 11.1 Å². The predicted octanol–water partition coefficient (Wildman–Crippen LogP) is 3.37. The molecular formula is C16H18FN3O. The average molecular weight is 287 g/mol. The van der Waals surface area contributed by atoms with Gasteiger partial charge in [-0.15, -0.1) is 0 Å². The normalized spacial score (nSPS) is 10.7. The van der Waals surface area contributed by atoms with Crippen LogP contribution < -0.4 is 16.8 Å². The van der Waals surface area contributed by atoms with Crippen molar-refractivity contribution in [2.45, 2.75) is 19.8 Å². The van der Waals surface area contributed by atoms with Gasteiger partial charge in [0, 0.05) is 11.4 Å². The zero-order valence-electron chi connectivity index (χ0n) is 12.0. The summed E-state index contributed by atoms with van der Waals surface area (Å²) in [5.74, 6) is -0.858. The number of halogens is 1. The maximum atomic E-state index is 13.9. The smallest absolute Gasteiger partial charge is 0.250 e. The van der Waals surface area contributed by atoms with Crippen LogP contribution in [-0.4, -0.2) is 5.91 Å². The number of primary amides is 1. The second kappa shape index (κ2) is 5.83. The molecule has 110 valence electrons. The molecule has 21 heavy (non-hydrogen) atoms. The largest absolute Gasteiger partial charge is 0.398 e. The lowest BCUT2D eigenvalue weighted by molar-refractivity contribution is 0.100. The Morgan fingerprint density at radius 2 is 1.95 bits per heavy atom. The van der Waals surface area contributed by atoms with Crippen molar-refractivity contribution in [3.63, 3.8) is 0 Å². The Labute approximate surface area is 123 Å². The third-order valence-electron chi connectivity index (χ3n) is 3.24. The van der Waals surface area contributed by atoms with Crippen LogP contribution in [0.4, 0.5) is 21.5 Å². The van der Waals surface area contributed by atoms with Crippen LogP contribution in [0.1, 0.15) is 35.7 Å². The van der Waals surface area contributed by atoms with Crippen molar-refractivity contribution in [1.82, 2.24) is 0 Å². The number of nitrogens with one attached hydrogen (secondary N) is 1. The molecule has 0 saturated carbocycles. The molecular weight excluding hydrogens is 269 g/mol. The molecule has 0 bridgehead atoms. The fourth-order valence-electron chi connectivity index (χ4n) is 2.03. The Bertz CT molecular complexity index is 683. The summed E-state index contributed by atoms with van der Waals surface area (Å²) in [5, 5.41) is 2.95. The molecule has 0 aliphatic rings. The molecule has 5 heteroatoms. The Kier molecular flexibility index (Phi) is 4.12. The summed E-state index contributed by atoms with van der Waals surface area (Å²) in [6, 6.07) is 10.1. The maximum absolute atomic E-state index is 13.9. The minimum atomic E-state index is -0.688. The van der Waals surface area contributed by atoms with E-state index in [2.05, 4.69) is 19.2 Å². The Morgan fingerprint density at radius 1 is 1.24 bits per heavy atom. The van der Waals surface area contributed by atoms with Crippen molar-refractivity contribution in [1.29, 1.82) is 0 Å². The highest BCUT2D eigenvalue weighted by atomic mass is 19.1. The van der Waals surface area contributed by atoms with Crippen LogP contribution in [0.3, 0.4) is 0 Å². The second-order valence-electron chi connectivity index (χ2n) is 5.19. The zero-order valence-corrected chi connectivity index (χ0v) is 12.0. The fourth-order valence-corrected chi connectivity index (χ4v) is 2.03. The van der Waals surface area contributed by atoms with E-state index in [1.54, 1.807) is 0 Å². The number of rotatable bonds is 4. The first kappa shape index (κ1) is 14.8. The van der Waals surface area contributed by atoms with Crippen LogP contribution >= 0.6 is 0 Å². The van der Waals surface area contributed by atoms with Gasteiger partial charge >= 0.3 is 0 Å². The van der Waals surface area contributed by atoms with Crippen LogP contribution in [0.15, 0.2) is 36.4 Å². The Balaban J connectivity index is 2.37. The molecule has 0 radical (unpaired) electrons. The zero-order chi connectivity index (χ0) is 15.6. The molecule has 0 spiro atoms. The minimum absolute atomic E-state index is 0.0291. The first-order valence-corrected chi connectivity index (χ1v) is 6.64. The molecule has 0 atom stereocenters. The minimum Gasteiger partial charge on any atom is -0.398 e. The van der Waals surface area contributed by atoms with Gasteiger partial charge in [-0.3, -0.25) is 4.79 Å². The standard InChI is InChI=1S/C16H18FN3O/c1-9(2)10-4-3-5-11(6-10)20-15-7-12(16(19)21)14(18)8-13(15)17/h3-9,20H,18H2,1-2H3,(H2,19,21). The molecule has 2 aromatic rings. The van der Waals surface area contributed by atoms with Gasteiger partial charge in [-0.25, -0.2) is 4.39 Å². The van der Waals surface area contributed by atoms with Gasteiger partial charge in [0.15, 0.2) is 0 Å². The molecule has 0 aliphatic carbocycles. The number of carbonyl (C=O) groups is 1. The van der Waals surface area contributed by atoms with Crippen LogP contribution in [-0.2, 0) is 0 Å². The number of nitrogen functional groups attached to an aromatic ring is 1. The quantitative estimate of drug-likeness (QED) is 0.754. The Hall–Kier alpha value is -2.56. The number of carbonyl (C=O) groups excluding carboxylic acids is 1. The lowest BCUT2D eigenvalue weighted by atomic mass is 10.0. The number of amides is 1. The number of nitrogens with two attached hydrogens (primary N) is 2. The number of hydrogen-bond acceptors (Lipinski definition) is 3. The van der Waals surface area contributed by atoms with E-state index in [-0.39, 0.29) is 16.9 Å². The third-order valence-corrected chi connectivity index (χ3v) is 3.24. The van der Waals surface area contributed by atoms with Gasteiger partial charge < -0.3 is 16.8 Å². The van der Waals surface area contributed by atoms with E-state index in [1.807, 2.05) is 24.3 Å². The molecule has 0 fully saturated rings. The van der Waals surface area contributed by atoms with E-state index >= 15 is 0 Å². The van der Waals surface area contributed by atoms with Gasteiger partial charge in [-0.2, -0.15) is 0 Å². The fraction of sp³-hybridized carbons (Fsp3) is 0.188. The van der Waals surface area contributed by atoms with Gasteiger partial charge in [0.05, 0.1) is 11.3 Å². The second-order valence-corrected chi connectivity index (χ2v) is 5.19. The highest BCUT2D eigenvalue weighted by molar-refractivity contribution is 5.99. The topological polar surface area (TPSA) is 81.1 Å². The molecule has 0 aromatic heterocycles. The number of anilines is 3. The summed E-state index contributed by atoms with van der Waals surface area (Å²) in [7, 11) is 0. The van der Waals surface area contributed by atoms with Gasteiger partial charge in [-0.1, -0.05) is 26.0 Å². The predicted molar refractivity (Wildman–Crippen MR) is 83.1 cm³/mol. The van der Waals surface area contributed by atoms with E-state index in [0.29, 0.717) is 5.92 Å². The summed E-state index contributed by atoms with van der Waals surface area (Å²) in [5.41, 5.74) is 13.0. The van der Waals surface area contributed by atoms with Gasteiger partial charge in [0.1, 0.15) is 5.82 Å². The molecule has 0 saturated heterocycles. The van der Waals surface area contributed by atoms with Gasteiger partial charge in [0.2, 0.25) is 0 Å². The molecule has 0 unspecified atom stereocenters. The van der Waals surface area contributed by atoms with E-state index < -0.39 is 11.7 Å². The lowest BCUT2D eigenvalue weighted by Gasteiger charge is -2.12. The molecule has 0 aliphatic heterocycles. The first-order valence-electron chi connectivity index (χ1n) is 6.64. The summed E-state index contributed by atoms with van der Waals surface area (Å²) >= 11 is 0. The maximum Gasteiger partial charge on any atom is 0.250 e. The molecule has 2 aromatic carbocycles. The van der Waals surface area contributed by atoms with E-state index in [0.717, 1.165) is 17.3 Å². The van der Waals surface area contributed by atoms with E-state index in [1.165, 1.54) is 6.07 Å². The van der Waals surface area contributed by atoms with Crippen LogP contribution in [0.25, 0.3) is 0 Å². The van der Waals surface area contributed by atoms with Crippen LogP contribution in [0, 0.1) is 5.82 Å². The SMILES string of the molecule is CC(C)c1cccc(Nc2cc(C(N)=O)c(N)cc2F)c1. The van der Waals surface area contributed by atoms with Gasteiger partial charge in [-0.05, 0) is 35.7 Å². The van der Waals surface area contributed by atoms with Crippen molar-refractivity contribution < 1.29 is 9.18 Å². The molecule has 2 rings (SSSR count).